The molecule has 10 nitrogen and oxygen atoms in total. The quantitative estimate of drug-likeness (QED) is 0.392. The van der Waals surface area contributed by atoms with Gasteiger partial charge in [-0.1, -0.05) is 20.8 Å². The Labute approximate surface area is 213 Å². The lowest BCUT2D eigenvalue weighted by Gasteiger charge is -2.54. The normalized spacial score (nSPS) is 55.6. The van der Waals surface area contributed by atoms with Crippen LogP contribution in [-0.2, 0) is 28.6 Å². The summed E-state index contributed by atoms with van der Waals surface area (Å²) in [6.07, 6.45) is 0.133. The van der Waals surface area contributed by atoms with Crippen molar-refractivity contribution in [1.29, 1.82) is 0 Å². The fourth-order valence-corrected chi connectivity index (χ4v) is 10.6. The number of Topliss-reactive ketones (excluding diaryl/α,β-unsaturated/α-hetero) is 1. The molecule has 200 valence electrons. The predicted octanol–water partition coefficient (Wildman–Crippen LogP) is 1.06. The second-order valence-electron chi connectivity index (χ2n) is 12.9. The summed E-state index contributed by atoms with van der Waals surface area (Å²) in [5.41, 5.74) is -6.52. The van der Waals surface area contributed by atoms with Crippen LogP contribution in [0, 0.1) is 34.0 Å². The van der Waals surface area contributed by atoms with Crippen molar-refractivity contribution in [3.63, 3.8) is 0 Å². The van der Waals surface area contributed by atoms with Crippen LogP contribution in [0.3, 0.4) is 0 Å². The molecule has 2 bridgehead atoms. The molecule has 0 aromatic carbocycles. The maximum Gasteiger partial charge on any atom is 0.335 e. The molecule has 2 saturated heterocycles. The first-order valence-corrected chi connectivity index (χ1v) is 12.9. The number of cyclic esters (lactones) is 1. The van der Waals surface area contributed by atoms with Gasteiger partial charge in [-0.25, -0.2) is 4.79 Å². The molecule has 2 spiro atoms. The van der Waals surface area contributed by atoms with E-state index < -0.39 is 86.8 Å². The molecule has 10 heteroatoms. The van der Waals surface area contributed by atoms with Gasteiger partial charge in [-0.2, -0.15) is 0 Å². The molecule has 37 heavy (non-hydrogen) atoms. The summed E-state index contributed by atoms with van der Waals surface area (Å²) in [6.45, 7) is 5.44. The summed E-state index contributed by atoms with van der Waals surface area (Å²) in [6, 6.07) is 1.74. The van der Waals surface area contributed by atoms with E-state index in [9.17, 15) is 29.7 Å². The van der Waals surface area contributed by atoms with Crippen molar-refractivity contribution in [2.75, 3.05) is 7.11 Å². The van der Waals surface area contributed by atoms with E-state index in [1.807, 2.05) is 6.92 Å². The number of methoxy groups -OCH3 is 1. The molecule has 6 fully saturated rings. The van der Waals surface area contributed by atoms with E-state index in [4.69, 9.17) is 18.6 Å². The van der Waals surface area contributed by atoms with Crippen molar-refractivity contribution in [2.45, 2.75) is 81.6 Å². The van der Waals surface area contributed by atoms with E-state index in [0.29, 0.717) is 18.4 Å². The number of aliphatic hydroxyl groups is 3. The number of carbonyl (C=O) groups excluding carboxylic acids is 3. The van der Waals surface area contributed by atoms with Crippen molar-refractivity contribution in [3.8, 4) is 0 Å². The molecule has 0 amide bonds. The van der Waals surface area contributed by atoms with Crippen LogP contribution in [0.25, 0.3) is 0 Å². The van der Waals surface area contributed by atoms with Gasteiger partial charge in [0.05, 0.1) is 37.6 Å². The van der Waals surface area contributed by atoms with Crippen LogP contribution < -0.4 is 0 Å². The largest absolute Gasteiger partial charge is 0.472 e. The van der Waals surface area contributed by atoms with E-state index in [-0.39, 0.29) is 12.8 Å². The number of epoxide rings is 1. The van der Waals surface area contributed by atoms with Gasteiger partial charge in [0.2, 0.25) is 0 Å². The third kappa shape index (κ3) is 2.11. The van der Waals surface area contributed by atoms with Gasteiger partial charge >= 0.3 is 11.9 Å². The van der Waals surface area contributed by atoms with Crippen molar-refractivity contribution in [1.82, 2.24) is 0 Å². The first kappa shape index (κ1) is 23.8. The lowest BCUT2D eigenvalue weighted by Crippen LogP contribution is -2.64. The fraction of sp³-hybridized carbons (Fsp3) is 0.741. The second kappa shape index (κ2) is 6.47. The van der Waals surface area contributed by atoms with Crippen LogP contribution in [0.2, 0.25) is 0 Å². The molecular weight excluding hydrogens is 484 g/mol. The van der Waals surface area contributed by atoms with E-state index in [2.05, 4.69) is 0 Å². The first-order chi connectivity index (χ1) is 17.3. The smallest absolute Gasteiger partial charge is 0.335 e. The first-order valence-electron chi connectivity index (χ1n) is 12.9. The highest BCUT2D eigenvalue weighted by molar-refractivity contribution is 5.93. The Balaban J connectivity index is 1.45. The Morgan fingerprint density at radius 2 is 1.97 bits per heavy atom. The molecule has 7 rings (SSSR count). The van der Waals surface area contributed by atoms with Gasteiger partial charge in [0, 0.05) is 33.6 Å². The van der Waals surface area contributed by atoms with Crippen LogP contribution >= 0.6 is 0 Å². The molecule has 6 aliphatic rings. The highest BCUT2D eigenvalue weighted by Crippen LogP contribution is 2.88. The SMILES string of the molecule is COC(=O)[C@@H](O)[C@H]1[C@]2(C)C[C@]3(O)[C@@H](C(=O)[C@H]2O)[C@]24O[C@]25CC(=O)O[C@@H](c2ccoc2)[C@]5(C)CC[C@H]4[C@]13C. The molecule has 3 heterocycles. The zero-order valence-corrected chi connectivity index (χ0v) is 21.2. The minimum atomic E-state index is -1.66. The third-order valence-corrected chi connectivity index (χ3v) is 11.9. The monoisotopic (exact) mass is 516 g/mol. The Morgan fingerprint density at radius 1 is 1.24 bits per heavy atom. The number of aliphatic hydroxyl groups excluding tert-OH is 2. The van der Waals surface area contributed by atoms with Gasteiger partial charge in [-0.05, 0) is 25.3 Å². The van der Waals surface area contributed by atoms with Crippen molar-refractivity contribution >= 4 is 17.7 Å². The molecule has 0 radical (unpaired) electrons. The average Bonchev–Trinajstić information content (AvgIpc) is 3.11. The Bertz CT molecular complexity index is 1240. The van der Waals surface area contributed by atoms with Gasteiger partial charge < -0.3 is 33.9 Å². The number of esters is 2. The zero-order valence-electron chi connectivity index (χ0n) is 21.2. The average molecular weight is 517 g/mol. The Kier molecular flexibility index (Phi) is 4.17. The molecule has 4 saturated carbocycles. The third-order valence-electron chi connectivity index (χ3n) is 11.9. The van der Waals surface area contributed by atoms with Gasteiger partial charge in [0.25, 0.3) is 0 Å². The Hall–Kier alpha value is -2.27. The minimum Gasteiger partial charge on any atom is -0.472 e. The number of carbonyl (C=O) groups is 3. The molecule has 2 aliphatic heterocycles. The number of furan rings is 1. The van der Waals surface area contributed by atoms with Gasteiger partial charge in [0.1, 0.15) is 23.4 Å². The van der Waals surface area contributed by atoms with Crippen molar-refractivity contribution < 1.29 is 48.3 Å². The highest BCUT2D eigenvalue weighted by atomic mass is 16.7. The molecule has 4 aliphatic carbocycles. The number of hydrogen-bond donors (Lipinski definition) is 3. The summed E-state index contributed by atoms with van der Waals surface area (Å²) in [5.74, 6) is -4.48. The minimum absolute atomic E-state index is 0.0107. The molecular formula is C27H32O10. The van der Waals surface area contributed by atoms with E-state index in [1.165, 1.54) is 19.6 Å². The molecule has 1 aromatic heterocycles. The maximum absolute atomic E-state index is 14.0. The molecule has 3 N–H and O–H groups in total. The number of rotatable bonds is 3. The zero-order chi connectivity index (χ0) is 26.6. The number of hydrogen-bond acceptors (Lipinski definition) is 10. The summed E-state index contributed by atoms with van der Waals surface area (Å²) in [4.78, 5) is 39.8. The number of ketones is 1. The Morgan fingerprint density at radius 3 is 2.62 bits per heavy atom. The van der Waals surface area contributed by atoms with Gasteiger partial charge in [0.15, 0.2) is 11.9 Å². The topological polar surface area (TPSA) is 156 Å². The molecule has 1 aromatic rings. The van der Waals surface area contributed by atoms with Gasteiger partial charge in [-0.3, -0.25) is 9.59 Å². The predicted molar refractivity (Wildman–Crippen MR) is 121 cm³/mol. The van der Waals surface area contributed by atoms with Crippen LogP contribution in [0.5, 0.6) is 0 Å². The summed E-state index contributed by atoms with van der Waals surface area (Å²) in [5, 5.41) is 35.2. The lowest BCUT2D eigenvalue weighted by atomic mass is 9.48. The summed E-state index contributed by atoms with van der Waals surface area (Å²) < 4.78 is 22.7. The van der Waals surface area contributed by atoms with Crippen LogP contribution in [0.15, 0.2) is 23.0 Å². The van der Waals surface area contributed by atoms with Crippen LogP contribution in [0.4, 0.5) is 0 Å². The lowest BCUT2D eigenvalue weighted by molar-refractivity contribution is -0.185. The summed E-state index contributed by atoms with van der Waals surface area (Å²) in [7, 11) is 1.17. The van der Waals surface area contributed by atoms with E-state index >= 15 is 0 Å². The maximum atomic E-state index is 14.0. The fourth-order valence-electron chi connectivity index (χ4n) is 10.6. The highest BCUT2D eigenvalue weighted by Gasteiger charge is 2.99. The molecule has 12 atom stereocenters. The van der Waals surface area contributed by atoms with Crippen LogP contribution in [0.1, 0.15) is 58.1 Å². The summed E-state index contributed by atoms with van der Waals surface area (Å²) >= 11 is 0. The second-order valence-corrected chi connectivity index (χ2v) is 12.9. The van der Waals surface area contributed by atoms with Crippen molar-refractivity contribution in [3.05, 3.63) is 24.2 Å². The van der Waals surface area contributed by atoms with Crippen LogP contribution in [-0.4, -0.2) is 69.2 Å². The molecule has 0 unspecified atom stereocenters. The van der Waals surface area contributed by atoms with Gasteiger partial charge in [-0.15, -0.1) is 0 Å². The van der Waals surface area contributed by atoms with Crippen molar-refractivity contribution in [2.24, 2.45) is 34.0 Å². The standard InChI is InChI=1S/C27H32O10/c1-22-11-25(33)18(15(29)19(22)31)27-13(24(25,3)17(22)16(30)21(32)34-4)5-7-23(2)20(12-6-8-35-10-12)36-14(28)9-26(23,27)37-27/h6,8,10,13,16-20,30-31,33H,5,7,9,11H2,1-4H3/t13-,16-,17-,18+,19+,20-,22-,23-,24+,25-,26-,27-/m0/s1. The van der Waals surface area contributed by atoms with E-state index in [1.54, 1.807) is 19.9 Å². The number of fused-ring (bicyclic) bond motifs is 2. The number of ether oxygens (including phenoxy) is 3. The van der Waals surface area contributed by atoms with E-state index in [0.717, 1.165) is 0 Å².